The molecule has 0 saturated heterocycles. The third-order valence-corrected chi connectivity index (χ3v) is 3.33. The fourth-order valence-corrected chi connectivity index (χ4v) is 2.12. The molecule has 1 aromatic rings. The summed E-state index contributed by atoms with van der Waals surface area (Å²) in [5, 5.41) is 3.22. The number of benzene rings is 1. The van der Waals surface area contributed by atoms with E-state index in [-0.39, 0.29) is 12.8 Å². The van der Waals surface area contributed by atoms with Gasteiger partial charge in [0.05, 0.1) is 12.2 Å². The third-order valence-electron chi connectivity index (χ3n) is 3.33. The first-order valence-electron chi connectivity index (χ1n) is 7.87. The number of ether oxygens (including phenoxy) is 1. The number of carbonyl (C=O) groups is 2. The van der Waals surface area contributed by atoms with E-state index in [9.17, 15) is 35.9 Å². The Labute approximate surface area is 151 Å². The molecule has 27 heavy (non-hydrogen) atoms. The van der Waals surface area contributed by atoms with E-state index in [0.717, 1.165) is 12.1 Å². The maximum absolute atomic E-state index is 13.8. The summed E-state index contributed by atoms with van der Waals surface area (Å²) in [6.45, 7) is 2.33. The highest BCUT2D eigenvalue weighted by Crippen LogP contribution is 2.35. The van der Waals surface area contributed by atoms with Crippen LogP contribution in [0, 0.1) is 0 Å². The van der Waals surface area contributed by atoms with Gasteiger partial charge in [0.15, 0.2) is 0 Å². The summed E-state index contributed by atoms with van der Waals surface area (Å²) in [7, 11) is 0. The number of alkyl halides is 6. The van der Waals surface area contributed by atoms with Crippen LogP contribution in [0.2, 0.25) is 0 Å². The molecule has 1 atom stereocenters. The number of nitrogens with one attached hydrogen (secondary N) is 2. The van der Waals surface area contributed by atoms with Gasteiger partial charge < -0.3 is 15.4 Å². The molecule has 0 radical (unpaired) electrons. The predicted octanol–water partition coefficient (Wildman–Crippen LogP) is 3.86. The lowest BCUT2D eigenvalue weighted by molar-refractivity contribution is -0.207. The average Bonchev–Trinajstić information content (AvgIpc) is 2.53. The van der Waals surface area contributed by atoms with Crippen LogP contribution in [0.5, 0.6) is 0 Å². The molecule has 0 saturated carbocycles. The van der Waals surface area contributed by atoms with Gasteiger partial charge in [-0.2, -0.15) is 26.3 Å². The first kappa shape index (κ1) is 22.6. The van der Waals surface area contributed by atoms with Gasteiger partial charge in [-0.15, -0.1) is 0 Å². The van der Waals surface area contributed by atoms with Crippen LogP contribution in [-0.2, 0) is 20.5 Å². The number of rotatable bonds is 7. The topological polar surface area (TPSA) is 67.4 Å². The average molecular weight is 400 g/mol. The highest BCUT2D eigenvalue weighted by molar-refractivity contribution is 5.91. The van der Waals surface area contributed by atoms with Crippen LogP contribution >= 0.6 is 0 Å². The molecule has 0 bridgehead atoms. The molecule has 0 aliphatic carbocycles. The monoisotopic (exact) mass is 400 g/mol. The summed E-state index contributed by atoms with van der Waals surface area (Å²) in [5.41, 5.74) is -5.64. The standard InChI is InChI=1S/C16H18F6N2O3/c1-3-6-12(25)24-14(16(20,21)22,13(26)27-4-2)23-11-8-5-7-10(9-11)15(17,18)19/h5,7-9,23H,3-4,6H2,1-2H3,(H,24,25). The fraction of sp³-hybridized carbons (Fsp3) is 0.500. The van der Waals surface area contributed by atoms with E-state index in [1.165, 1.54) is 19.2 Å². The second-order valence-electron chi connectivity index (χ2n) is 5.47. The molecule has 5 nitrogen and oxygen atoms in total. The van der Waals surface area contributed by atoms with Crippen LogP contribution in [0.15, 0.2) is 24.3 Å². The van der Waals surface area contributed by atoms with Crippen molar-refractivity contribution in [1.82, 2.24) is 5.32 Å². The van der Waals surface area contributed by atoms with E-state index in [2.05, 4.69) is 4.74 Å². The molecule has 0 aliphatic rings. The Morgan fingerprint density at radius 3 is 2.19 bits per heavy atom. The summed E-state index contributed by atoms with van der Waals surface area (Å²) >= 11 is 0. The second kappa shape index (κ2) is 8.49. The lowest BCUT2D eigenvalue weighted by Gasteiger charge is -2.35. The minimum Gasteiger partial charge on any atom is -0.463 e. The van der Waals surface area contributed by atoms with Crippen molar-refractivity contribution in [3.8, 4) is 0 Å². The number of halogens is 6. The molecule has 0 heterocycles. The molecule has 1 aromatic carbocycles. The zero-order chi connectivity index (χ0) is 20.9. The van der Waals surface area contributed by atoms with Crippen molar-refractivity contribution in [3.63, 3.8) is 0 Å². The zero-order valence-corrected chi connectivity index (χ0v) is 14.4. The first-order chi connectivity index (χ1) is 12.4. The Hall–Kier alpha value is -2.46. The molecular formula is C16H18F6N2O3. The molecule has 0 fully saturated rings. The Bertz CT molecular complexity index is 675. The van der Waals surface area contributed by atoms with Crippen LogP contribution < -0.4 is 10.6 Å². The van der Waals surface area contributed by atoms with E-state index in [1.807, 2.05) is 0 Å². The van der Waals surface area contributed by atoms with E-state index in [4.69, 9.17) is 0 Å². The highest BCUT2D eigenvalue weighted by Gasteiger charge is 2.63. The number of hydrogen-bond acceptors (Lipinski definition) is 4. The van der Waals surface area contributed by atoms with Gasteiger partial charge in [-0.05, 0) is 31.5 Å². The fourth-order valence-electron chi connectivity index (χ4n) is 2.12. The molecule has 1 rings (SSSR count). The van der Waals surface area contributed by atoms with Crippen molar-refractivity contribution in [3.05, 3.63) is 29.8 Å². The largest absolute Gasteiger partial charge is 0.463 e. The molecule has 152 valence electrons. The third kappa shape index (κ3) is 5.51. The Morgan fingerprint density at radius 1 is 1.07 bits per heavy atom. The highest BCUT2D eigenvalue weighted by atomic mass is 19.4. The van der Waals surface area contributed by atoms with Crippen LogP contribution in [0.1, 0.15) is 32.3 Å². The first-order valence-corrected chi connectivity index (χ1v) is 7.87. The maximum Gasteiger partial charge on any atom is 0.441 e. The SMILES string of the molecule is CCCC(=O)NC(Nc1cccc(C(F)(F)F)c1)(C(=O)OCC)C(F)(F)F. The zero-order valence-electron chi connectivity index (χ0n) is 14.4. The normalized spacial score (nSPS) is 14.2. The lowest BCUT2D eigenvalue weighted by atomic mass is 10.1. The summed E-state index contributed by atoms with van der Waals surface area (Å²) in [4.78, 5) is 23.9. The second-order valence-corrected chi connectivity index (χ2v) is 5.47. The van der Waals surface area contributed by atoms with Crippen molar-refractivity contribution < 1.29 is 40.7 Å². The van der Waals surface area contributed by atoms with Crippen molar-refractivity contribution >= 4 is 17.6 Å². The van der Waals surface area contributed by atoms with Crippen molar-refractivity contribution in [2.24, 2.45) is 0 Å². The summed E-state index contributed by atoms with van der Waals surface area (Å²) in [6, 6.07) is 2.82. The van der Waals surface area contributed by atoms with Crippen LogP contribution in [0.25, 0.3) is 0 Å². The predicted molar refractivity (Wildman–Crippen MR) is 83.5 cm³/mol. The smallest absolute Gasteiger partial charge is 0.441 e. The van der Waals surface area contributed by atoms with Gasteiger partial charge in [0.2, 0.25) is 5.91 Å². The molecule has 0 spiro atoms. The molecular weight excluding hydrogens is 382 g/mol. The van der Waals surface area contributed by atoms with Gasteiger partial charge in [-0.25, -0.2) is 4.79 Å². The Kier molecular flexibility index (Phi) is 7.10. The van der Waals surface area contributed by atoms with E-state index >= 15 is 0 Å². The van der Waals surface area contributed by atoms with Gasteiger partial charge >= 0.3 is 24.0 Å². The van der Waals surface area contributed by atoms with Gasteiger partial charge in [-0.1, -0.05) is 13.0 Å². The number of amides is 1. The van der Waals surface area contributed by atoms with E-state index in [0.29, 0.717) is 12.1 Å². The van der Waals surface area contributed by atoms with E-state index in [1.54, 1.807) is 5.32 Å². The van der Waals surface area contributed by atoms with Gasteiger partial charge in [0.25, 0.3) is 0 Å². The quantitative estimate of drug-likeness (QED) is 0.415. The molecule has 1 amide bonds. The number of esters is 1. The number of anilines is 1. The minimum atomic E-state index is -5.41. The van der Waals surface area contributed by atoms with E-state index < -0.39 is 47.7 Å². The molecule has 11 heteroatoms. The van der Waals surface area contributed by atoms with Gasteiger partial charge in [-0.3, -0.25) is 4.79 Å². The maximum atomic E-state index is 13.8. The molecule has 1 unspecified atom stereocenters. The van der Waals surface area contributed by atoms with Crippen molar-refractivity contribution in [2.45, 2.75) is 44.7 Å². The molecule has 2 N–H and O–H groups in total. The van der Waals surface area contributed by atoms with Crippen LogP contribution in [-0.4, -0.2) is 30.3 Å². The van der Waals surface area contributed by atoms with Gasteiger partial charge in [0, 0.05) is 12.1 Å². The van der Waals surface area contributed by atoms with Crippen LogP contribution in [0.4, 0.5) is 32.0 Å². The lowest BCUT2D eigenvalue weighted by Crippen LogP contribution is -2.69. The van der Waals surface area contributed by atoms with Crippen molar-refractivity contribution in [1.29, 1.82) is 0 Å². The number of carbonyl (C=O) groups excluding carboxylic acids is 2. The Morgan fingerprint density at radius 2 is 1.70 bits per heavy atom. The summed E-state index contributed by atoms with van der Waals surface area (Å²) in [6.07, 6.45) is -10.4. The minimum absolute atomic E-state index is 0.187. The van der Waals surface area contributed by atoms with Crippen molar-refractivity contribution in [2.75, 3.05) is 11.9 Å². The molecule has 0 aromatic heterocycles. The Balaban J connectivity index is 3.43. The van der Waals surface area contributed by atoms with Gasteiger partial charge in [0.1, 0.15) is 0 Å². The summed E-state index contributed by atoms with van der Waals surface area (Å²) < 4.78 is 84.2. The molecule has 0 aliphatic heterocycles. The number of hydrogen-bond donors (Lipinski definition) is 2. The van der Waals surface area contributed by atoms with Crippen LogP contribution in [0.3, 0.4) is 0 Å². The summed E-state index contributed by atoms with van der Waals surface area (Å²) in [5.74, 6) is -3.01.